The van der Waals surface area contributed by atoms with Gasteiger partial charge in [0.1, 0.15) is 5.82 Å². The average molecular weight is 301 g/mol. The van der Waals surface area contributed by atoms with Crippen LogP contribution in [0, 0.1) is 5.82 Å². The molecule has 0 aliphatic carbocycles. The lowest BCUT2D eigenvalue weighted by Gasteiger charge is -2.37. The van der Waals surface area contributed by atoms with Crippen LogP contribution >= 0.6 is 0 Å². The summed E-state index contributed by atoms with van der Waals surface area (Å²) in [5.74, 6) is -0.540. The van der Waals surface area contributed by atoms with Gasteiger partial charge in [0.25, 0.3) is 0 Å². The van der Waals surface area contributed by atoms with E-state index in [-0.39, 0.29) is 10.9 Å². The maximum atomic E-state index is 13.2. The maximum Gasteiger partial charge on any atom is 0.243 e. The summed E-state index contributed by atoms with van der Waals surface area (Å²) in [6.07, 6.45) is 0. The van der Waals surface area contributed by atoms with Gasteiger partial charge in [-0.3, -0.25) is 4.90 Å². The molecule has 1 saturated heterocycles. The molecule has 1 fully saturated rings. The Bertz CT molecular complexity index is 556. The van der Waals surface area contributed by atoms with Crippen LogP contribution in [0.4, 0.5) is 4.39 Å². The van der Waals surface area contributed by atoms with E-state index in [1.807, 2.05) is 6.92 Å². The van der Waals surface area contributed by atoms with Crippen molar-refractivity contribution in [3.05, 3.63) is 30.1 Å². The number of sulfonamides is 1. The van der Waals surface area contributed by atoms with E-state index in [1.165, 1.54) is 22.5 Å². The molecule has 1 aromatic carbocycles. The van der Waals surface area contributed by atoms with E-state index in [4.69, 9.17) is 5.73 Å². The first-order valence-corrected chi connectivity index (χ1v) is 8.09. The van der Waals surface area contributed by atoms with Crippen molar-refractivity contribution in [1.29, 1.82) is 0 Å². The van der Waals surface area contributed by atoms with E-state index in [2.05, 4.69) is 4.90 Å². The van der Waals surface area contributed by atoms with Crippen LogP contribution in [0.15, 0.2) is 29.2 Å². The molecule has 5 nitrogen and oxygen atoms in total. The number of hydrogen-bond acceptors (Lipinski definition) is 4. The van der Waals surface area contributed by atoms with Crippen LogP contribution in [0.25, 0.3) is 0 Å². The molecule has 2 N–H and O–H groups in total. The van der Waals surface area contributed by atoms with Gasteiger partial charge in [-0.1, -0.05) is 6.07 Å². The van der Waals surface area contributed by atoms with E-state index in [0.29, 0.717) is 32.7 Å². The van der Waals surface area contributed by atoms with Crippen LogP contribution in [0.1, 0.15) is 6.92 Å². The smallest absolute Gasteiger partial charge is 0.243 e. The number of nitrogens with two attached hydrogens (primary N) is 1. The minimum atomic E-state index is -3.60. The molecule has 0 saturated carbocycles. The van der Waals surface area contributed by atoms with Crippen molar-refractivity contribution in [3.8, 4) is 0 Å². The average Bonchev–Trinajstić information content (AvgIpc) is 2.46. The van der Waals surface area contributed by atoms with Crippen LogP contribution in [0.3, 0.4) is 0 Å². The fraction of sp³-hybridized carbons (Fsp3) is 0.538. The molecule has 2 rings (SSSR count). The zero-order chi connectivity index (χ0) is 14.8. The Labute approximate surface area is 119 Å². The zero-order valence-corrected chi connectivity index (χ0v) is 12.3. The van der Waals surface area contributed by atoms with Crippen molar-refractivity contribution < 1.29 is 12.8 Å². The number of piperazine rings is 1. The molecule has 1 aromatic rings. The van der Waals surface area contributed by atoms with Crippen molar-refractivity contribution in [2.24, 2.45) is 5.73 Å². The molecule has 0 spiro atoms. The van der Waals surface area contributed by atoms with Crippen LogP contribution in [0.5, 0.6) is 0 Å². The summed E-state index contributed by atoms with van der Waals surface area (Å²) in [7, 11) is -3.60. The predicted molar refractivity (Wildman–Crippen MR) is 75.2 cm³/mol. The lowest BCUT2D eigenvalue weighted by molar-refractivity contribution is 0.149. The quantitative estimate of drug-likeness (QED) is 0.878. The Hall–Kier alpha value is -1.02. The third kappa shape index (κ3) is 3.17. The van der Waals surface area contributed by atoms with Gasteiger partial charge in [0.05, 0.1) is 4.90 Å². The van der Waals surface area contributed by atoms with E-state index < -0.39 is 15.8 Å². The summed E-state index contributed by atoms with van der Waals surface area (Å²) in [6, 6.07) is 5.38. The minimum Gasteiger partial charge on any atom is -0.329 e. The van der Waals surface area contributed by atoms with Crippen molar-refractivity contribution >= 4 is 10.0 Å². The highest BCUT2D eigenvalue weighted by Gasteiger charge is 2.29. The second-order valence-electron chi connectivity index (χ2n) is 4.98. The van der Waals surface area contributed by atoms with Crippen molar-refractivity contribution in [2.75, 3.05) is 32.7 Å². The van der Waals surface area contributed by atoms with Gasteiger partial charge in [0, 0.05) is 38.8 Å². The zero-order valence-electron chi connectivity index (χ0n) is 11.5. The normalized spacial score (nSPS) is 19.9. The molecule has 20 heavy (non-hydrogen) atoms. The Balaban J connectivity index is 2.10. The molecule has 1 aliphatic heterocycles. The van der Waals surface area contributed by atoms with Gasteiger partial charge in [-0.25, -0.2) is 12.8 Å². The fourth-order valence-electron chi connectivity index (χ4n) is 2.31. The van der Waals surface area contributed by atoms with Gasteiger partial charge < -0.3 is 5.73 Å². The number of halogens is 1. The van der Waals surface area contributed by atoms with Crippen LogP contribution in [-0.4, -0.2) is 56.4 Å². The molecule has 112 valence electrons. The van der Waals surface area contributed by atoms with E-state index in [9.17, 15) is 12.8 Å². The first-order valence-electron chi connectivity index (χ1n) is 6.65. The highest BCUT2D eigenvalue weighted by atomic mass is 32.2. The summed E-state index contributed by atoms with van der Waals surface area (Å²) >= 11 is 0. The lowest BCUT2D eigenvalue weighted by Crippen LogP contribution is -2.52. The molecule has 0 bridgehead atoms. The maximum absolute atomic E-state index is 13.2. The van der Waals surface area contributed by atoms with Crippen molar-refractivity contribution in [3.63, 3.8) is 0 Å². The predicted octanol–water partition coefficient (Wildman–Crippen LogP) is 0.479. The Kier molecular flexibility index (Phi) is 4.74. The van der Waals surface area contributed by atoms with Gasteiger partial charge in [-0.2, -0.15) is 4.31 Å². The number of benzene rings is 1. The first-order chi connectivity index (χ1) is 9.45. The minimum absolute atomic E-state index is 0.0119. The molecule has 1 heterocycles. The molecule has 0 radical (unpaired) electrons. The monoisotopic (exact) mass is 301 g/mol. The van der Waals surface area contributed by atoms with Crippen LogP contribution < -0.4 is 5.73 Å². The van der Waals surface area contributed by atoms with Crippen LogP contribution in [-0.2, 0) is 10.0 Å². The SMILES string of the molecule is CC(CN)N1CCN(S(=O)(=O)c2cccc(F)c2)CC1. The summed E-state index contributed by atoms with van der Waals surface area (Å²) in [5, 5.41) is 0. The summed E-state index contributed by atoms with van der Waals surface area (Å²) < 4.78 is 39.4. The van der Waals surface area contributed by atoms with E-state index in [0.717, 1.165) is 6.07 Å². The van der Waals surface area contributed by atoms with Gasteiger partial charge in [-0.05, 0) is 25.1 Å². The van der Waals surface area contributed by atoms with Gasteiger partial charge in [0.2, 0.25) is 10.0 Å². The summed E-state index contributed by atoms with van der Waals surface area (Å²) in [6.45, 7) is 4.68. The third-order valence-corrected chi connectivity index (χ3v) is 5.57. The molecule has 1 atom stereocenters. The fourth-order valence-corrected chi connectivity index (χ4v) is 3.76. The molecular formula is C13H20FN3O2S. The summed E-state index contributed by atoms with van der Waals surface area (Å²) in [4.78, 5) is 2.18. The Morgan fingerprint density at radius 2 is 1.95 bits per heavy atom. The molecule has 0 amide bonds. The number of rotatable bonds is 4. The molecule has 7 heteroatoms. The van der Waals surface area contributed by atoms with Gasteiger partial charge in [-0.15, -0.1) is 0 Å². The topological polar surface area (TPSA) is 66.6 Å². The van der Waals surface area contributed by atoms with Crippen molar-refractivity contribution in [2.45, 2.75) is 17.9 Å². The molecule has 1 aliphatic rings. The van der Waals surface area contributed by atoms with Crippen LogP contribution in [0.2, 0.25) is 0 Å². The molecular weight excluding hydrogens is 281 g/mol. The van der Waals surface area contributed by atoms with Gasteiger partial charge >= 0.3 is 0 Å². The molecule has 1 unspecified atom stereocenters. The largest absolute Gasteiger partial charge is 0.329 e. The number of hydrogen-bond donors (Lipinski definition) is 1. The lowest BCUT2D eigenvalue weighted by atomic mass is 10.2. The highest BCUT2D eigenvalue weighted by Crippen LogP contribution is 2.18. The second kappa shape index (κ2) is 6.17. The second-order valence-corrected chi connectivity index (χ2v) is 6.92. The van der Waals surface area contributed by atoms with E-state index in [1.54, 1.807) is 0 Å². The van der Waals surface area contributed by atoms with E-state index >= 15 is 0 Å². The standard InChI is InChI=1S/C13H20FN3O2S/c1-11(10-15)16-5-7-17(8-6-16)20(18,19)13-4-2-3-12(14)9-13/h2-4,9,11H,5-8,10,15H2,1H3. The highest BCUT2D eigenvalue weighted by molar-refractivity contribution is 7.89. The Morgan fingerprint density at radius 3 is 2.50 bits per heavy atom. The third-order valence-electron chi connectivity index (χ3n) is 3.67. The first kappa shape index (κ1) is 15.4. The van der Waals surface area contributed by atoms with Gasteiger partial charge in [0.15, 0.2) is 0 Å². The molecule has 0 aromatic heterocycles. The van der Waals surface area contributed by atoms with Crippen molar-refractivity contribution in [1.82, 2.24) is 9.21 Å². The Morgan fingerprint density at radius 1 is 1.30 bits per heavy atom. The summed E-state index contributed by atoms with van der Waals surface area (Å²) in [5.41, 5.74) is 5.62. The number of nitrogens with zero attached hydrogens (tertiary/aromatic N) is 2.